The van der Waals surface area contributed by atoms with Crippen LogP contribution in [0.25, 0.3) is 0 Å². The van der Waals surface area contributed by atoms with Crippen molar-refractivity contribution in [3.63, 3.8) is 0 Å². The van der Waals surface area contributed by atoms with Crippen LogP contribution in [-0.2, 0) is 10.0 Å². The molecule has 0 atom stereocenters. The van der Waals surface area contributed by atoms with Gasteiger partial charge in [-0.15, -0.1) is 0 Å². The van der Waals surface area contributed by atoms with Gasteiger partial charge in [0.25, 0.3) is 0 Å². The van der Waals surface area contributed by atoms with E-state index < -0.39 is 27.4 Å². The lowest BCUT2D eigenvalue weighted by molar-refractivity contribution is -0.0746. The zero-order valence-corrected chi connectivity index (χ0v) is 18.3. The Bertz CT molecular complexity index is 934. The lowest BCUT2D eigenvalue weighted by Gasteiger charge is -2.56. The Balaban J connectivity index is 1.28. The minimum Gasteiger partial charge on any atom is -0.493 e. The topological polar surface area (TPSA) is 63.7 Å². The van der Waals surface area contributed by atoms with Crippen molar-refractivity contribution in [1.29, 1.82) is 0 Å². The second-order valence-electron chi connectivity index (χ2n) is 10.2. The number of carbonyl (C=O) groups is 1. The van der Waals surface area contributed by atoms with Crippen LogP contribution in [0.15, 0.2) is 12.1 Å². The van der Waals surface area contributed by atoms with Gasteiger partial charge in [0, 0.05) is 24.6 Å². The molecule has 4 aliphatic carbocycles. The van der Waals surface area contributed by atoms with Gasteiger partial charge in [0.1, 0.15) is 17.3 Å². The first-order chi connectivity index (χ1) is 14.2. The van der Waals surface area contributed by atoms with Crippen molar-refractivity contribution < 1.29 is 22.3 Å². The molecule has 1 saturated heterocycles. The lowest BCUT2D eigenvalue weighted by Crippen LogP contribution is -2.48. The maximum absolute atomic E-state index is 14.7. The number of aryl methyl sites for hydroxylation is 1. The van der Waals surface area contributed by atoms with E-state index in [4.69, 9.17) is 4.74 Å². The fourth-order valence-electron chi connectivity index (χ4n) is 6.63. The van der Waals surface area contributed by atoms with Gasteiger partial charge >= 0.3 is 0 Å². The van der Waals surface area contributed by atoms with E-state index in [1.807, 2.05) is 0 Å². The predicted molar refractivity (Wildman–Crippen MR) is 112 cm³/mol. The Morgan fingerprint density at radius 3 is 2.27 bits per heavy atom. The van der Waals surface area contributed by atoms with E-state index in [0.717, 1.165) is 24.2 Å². The zero-order chi connectivity index (χ0) is 21.1. The Morgan fingerprint density at radius 1 is 1.13 bits per heavy atom. The first-order valence-electron chi connectivity index (χ1n) is 11.2. The summed E-state index contributed by atoms with van der Waals surface area (Å²) < 4.78 is 46.6. The van der Waals surface area contributed by atoms with Crippen LogP contribution in [0.4, 0.5) is 4.39 Å². The van der Waals surface area contributed by atoms with Crippen molar-refractivity contribution in [3.8, 4) is 5.75 Å². The molecule has 30 heavy (non-hydrogen) atoms. The predicted octanol–water partition coefficient (Wildman–Crippen LogP) is 3.95. The molecular weight excluding hydrogens is 405 g/mol. The second-order valence-corrected chi connectivity index (χ2v) is 12.2. The van der Waals surface area contributed by atoms with Crippen molar-refractivity contribution >= 4 is 15.8 Å². The third-order valence-electron chi connectivity index (χ3n) is 7.79. The van der Waals surface area contributed by atoms with Crippen molar-refractivity contribution in [2.75, 3.05) is 25.4 Å². The van der Waals surface area contributed by atoms with Gasteiger partial charge in [-0.25, -0.2) is 17.1 Å². The summed E-state index contributed by atoms with van der Waals surface area (Å²) in [5.74, 6) is 0.852. The number of ether oxygens (including phenoxy) is 1. The van der Waals surface area contributed by atoms with Gasteiger partial charge in [0.05, 0.1) is 12.2 Å². The molecule has 0 amide bonds. The number of rotatable bonds is 7. The normalized spacial score (nSPS) is 32.8. The highest BCUT2D eigenvalue weighted by molar-refractivity contribution is 7.89. The van der Waals surface area contributed by atoms with E-state index >= 15 is 0 Å². The van der Waals surface area contributed by atoms with Crippen molar-refractivity contribution in [2.45, 2.75) is 51.9 Å². The molecule has 0 N–H and O–H groups in total. The van der Waals surface area contributed by atoms with E-state index in [1.54, 1.807) is 6.92 Å². The molecule has 0 aromatic heterocycles. The summed E-state index contributed by atoms with van der Waals surface area (Å²) >= 11 is 0. The third kappa shape index (κ3) is 3.68. The number of carbonyl (C=O) groups excluding carboxylic acids is 1. The molecular formula is C23H30FNO4S. The molecule has 1 aromatic carbocycles. The smallest absolute Gasteiger partial charge is 0.221 e. The highest BCUT2D eigenvalue weighted by Crippen LogP contribution is 2.60. The molecule has 5 fully saturated rings. The van der Waals surface area contributed by atoms with Gasteiger partial charge in [-0.3, -0.25) is 4.79 Å². The van der Waals surface area contributed by atoms with Crippen LogP contribution in [0.1, 0.15) is 60.9 Å². The molecule has 6 rings (SSSR count). The van der Waals surface area contributed by atoms with Crippen molar-refractivity contribution in [2.24, 2.45) is 23.2 Å². The SMILES string of the molecule is Cc1cc(C(=O)CS(=O)(=O)N2CCC2)c(F)cc1OCC12CC3CC(CC(C3)C1)C2. The van der Waals surface area contributed by atoms with Crippen LogP contribution in [0.5, 0.6) is 5.75 Å². The standard InChI is InChI=1S/C23H30FNO4S/c1-15-5-19(21(26)13-30(27,28)25-3-2-4-25)20(24)9-22(15)29-14-23-10-16-6-17(11-23)8-18(7-16)12-23/h5,9,16-18H,2-4,6-8,10-14H2,1H3. The monoisotopic (exact) mass is 435 g/mol. The highest BCUT2D eigenvalue weighted by Gasteiger charge is 2.51. The molecule has 0 spiro atoms. The molecule has 1 aromatic rings. The molecule has 4 saturated carbocycles. The van der Waals surface area contributed by atoms with Gasteiger partial charge in [-0.2, -0.15) is 0 Å². The van der Waals surface area contributed by atoms with Gasteiger partial charge in [-0.05, 0) is 81.3 Å². The molecule has 7 heteroatoms. The third-order valence-corrected chi connectivity index (χ3v) is 9.56. The number of sulfonamides is 1. The Morgan fingerprint density at radius 2 is 1.73 bits per heavy atom. The Hall–Kier alpha value is -1.47. The average Bonchev–Trinajstić information content (AvgIpc) is 2.58. The largest absolute Gasteiger partial charge is 0.493 e. The van der Waals surface area contributed by atoms with E-state index in [2.05, 4.69) is 0 Å². The molecule has 5 nitrogen and oxygen atoms in total. The molecule has 164 valence electrons. The summed E-state index contributed by atoms with van der Waals surface area (Å²) in [6.07, 6.45) is 8.54. The number of nitrogens with zero attached hydrogens (tertiary/aromatic N) is 1. The summed E-state index contributed by atoms with van der Waals surface area (Å²) in [4.78, 5) is 12.5. The fraction of sp³-hybridized carbons (Fsp3) is 0.696. The van der Waals surface area contributed by atoms with Crippen LogP contribution in [0.3, 0.4) is 0 Å². The first-order valence-corrected chi connectivity index (χ1v) is 12.8. The van der Waals surface area contributed by atoms with Crippen LogP contribution in [0, 0.1) is 35.9 Å². The van der Waals surface area contributed by atoms with Gasteiger partial charge in [0.2, 0.25) is 10.0 Å². The summed E-state index contributed by atoms with van der Waals surface area (Å²) in [6.45, 7) is 3.27. The average molecular weight is 436 g/mol. The number of ketones is 1. The molecule has 4 bridgehead atoms. The maximum Gasteiger partial charge on any atom is 0.221 e. The number of hydrogen-bond acceptors (Lipinski definition) is 4. The molecule has 1 aliphatic heterocycles. The van der Waals surface area contributed by atoms with E-state index in [9.17, 15) is 17.6 Å². The van der Waals surface area contributed by atoms with Gasteiger partial charge in [-0.1, -0.05) is 0 Å². The Kier molecular flexibility index (Phi) is 4.97. The van der Waals surface area contributed by atoms with Gasteiger partial charge < -0.3 is 4.74 Å². The highest BCUT2D eigenvalue weighted by atomic mass is 32.2. The first kappa shape index (κ1) is 20.4. The number of Topliss-reactive ketones (excluding diaryl/α,β-unsaturated/α-hetero) is 1. The second kappa shape index (κ2) is 7.30. The van der Waals surface area contributed by atoms with Crippen LogP contribution in [-0.4, -0.2) is 44.0 Å². The van der Waals surface area contributed by atoms with E-state index in [0.29, 0.717) is 31.0 Å². The molecule has 5 aliphatic rings. The van der Waals surface area contributed by atoms with E-state index in [1.165, 1.54) is 55.0 Å². The summed E-state index contributed by atoms with van der Waals surface area (Å²) in [5, 5.41) is 0. The fourth-order valence-corrected chi connectivity index (χ4v) is 8.11. The van der Waals surface area contributed by atoms with E-state index in [-0.39, 0.29) is 11.0 Å². The minimum atomic E-state index is -3.66. The zero-order valence-electron chi connectivity index (χ0n) is 17.5. The van der Waals surface area contributed by atoms with Crippen LogP contribution < -0.4 is 4.74 Å². The molecule has 0 unspecified atom stereocenters. The van der Waals surface area contributed by atoms with Crippen LogP contribution >= 0.6 is 0 Å². The van der Waals surface area contributed by atoms with Crippen molar-refractivity contribution in [1.82, 2.24) is 4.31 Å². The number of halogens is 1. The summed E-state index contributed by atoms with van der Waals surface area (Å²) in [7, 11) is -3.66. The summed E-state index contributed by atoms with van der Waals surface area (Å²) in [6, 6.07) is 2.71. The molecule has 1 heterocycles. The maximum atomic E-state index is 14.7. The number of hydrogen-bond donors (Lipinski definition) is 0. The minimum absolute atomic E-state index is 0.168. The Labute approximate surface area is 178 Å². The molecule has 0 radical (unpaired) electrons. The van der Waals surface area contributed by atoms with Crippen molar-refractivity contribution in [3.05, 3.63) is 29.1 Å². The quantitative estimate of drug-likeness (QED) is 0.609. The van der Waals surface area contributed by atoms with Crippen LogP contribution in [0.2, 0.25) is 0 Å². The number of benzene rings is 1. The van der Waals surface area contributed by atoms with Gasteiger partial charge in [0.15, 0.2) is 5.78 Å². The lowest BCUT2D eigenvalue weighted by atomic mass is 9.50. The summed E-state index contributed by atoms with van der Waals surface area (Å²) in [5.41, 5.74) is 0.724.